The van der Waals surface area contributed by atoms with Crippen molar-refractivity contribution in [2.75, 3.05) is 0 Å². The van der Waals surface area contributed by atoms with Crippen LogP contribution in [-0.2, 0) is 13.6 Å². The molecule has 5 nitrogen and oxygen atoms in total. The lowest BCUT2D eigenvalue weighted by atomic mass is 9.93. The number of aliphatic hydroxyl groups is 1. The van der Waals surface area contributed by atoms with Gasteiger partial charge in [-0.25, -0.2) is 4.68 Å². The van der Waals surface area contributed by atoms with E-state index in [1.165, 1.54) is 0 Å². The lowest BCUT2D eigenvalue weighted by Gasteiger charge is -2.26. The third-order valence-corrected chi connectivity index (χ3v) is 4.51. The lowest BCUT2D eigenvalue weighted by molar-refractivity contribution is 0.116. The van der Waals surface area contributed by atoms with Crippen molar-refractivity contribution in [2.45, 2.75) is 51.3 Å². The van der Waals surface area contributed by atoms with E-state index in [9.17, 15) is 5.11 Å². The first kappa shape index (κ1) is 16.0. The van der Waals surface area contributed by atoms with Crippen molar-refractivity contribution in [3.63, 3.8) is 0 Å². The number of para-hydroxylation sites is 1. The molecule has 1 aliphatic rings. The number of benzene rings is 1. The van der Waals surface area contributed by atoms with E-state index in [1.54, 1.807) is 4.68 Å². The molecule has 1 saturated carbocycles. The molecular weight excluding hydrogens is 290 g/mol. The second-order valence-electron chi connectivity index (χ2n) is 6.29. The highest BCUT2D eigenvalue weighted by Gasteiger charge is 2.21. The smallest absolute Gasteiger partial charge is 0.222 e. The summed E-state index contributed by atoms with van der Waals surface area (Å²) in [6.45, 7) is 2.75. The van der Waals surface area contributed by atoms with Crippen LogP contribution >= 0.6 is 0 Å². The highest BCUT2D eigenvalue weighted by Crippen LogP contribution is 2.27. The molecule has 0 saturated heterocycles. The van der Waals surface area contributed by atoms with E-state index < -0.39 is 0 Å². The van der Waals surface area contributed by atoms with Crippen molar-refractivity contribution in [1.82, 2.24) is 15.1 Å². The van der Waals surface area contributed by atoms with Gasteiger partial charge in [0.05, 0.1) is 17.4 Å². The Bertz CT molecular complexity index is 631. The number of rotatable bonds is 5. The van der Waals surface area contributed by atoms with Crippen LogP contribution in [-0.4, -0.2) is 27.0 Å². The van der Waals surface area contributed by atoms with Gasteiger partial charge in [-0.05, 0) is 44.7 Å². The van der Waals surface area contributed by atoms with Gasteiger partial charge in [0.1, 0.15) is 5.75 Å². The molecule has 1 aromatic heterocycles. The Labute approximate surface area is 137 Å². The van der Waals surface area contributed by atoms with Crippen LogP contribution in [0.15, 0.2) is 30.3 Å². The maximum atomic E-state index is 9.61. The van der Waals surface area contributed by atoms with Gasteiger partial charge >= 0.3 is 0 Å². The van der Waals surface area contributed by atoms with Crippen LogP contribution in [0.3, 0.4) is 0 Å². The fourth-order valence-electron chi connectivity index (χ4n) is 3.14. The van der Waals surface area contributed by atoms with Crippen LogP contribution in [0, 0.1) is 6.92 Å². The van der Waals surface area contributed by atoms with Crippen molar-refractivity contribution >= 4 is 0 Å². The van der Waals surface area contributed by atoms with E-state index >= 15 is 0 Å². The monoisotopic (exact) mass is 315 g/mol. The van der Waals surface area contributed by atoms with Crippen LogP contribution < -0.4 is 10.1 Å². The highest BCUT2D eigenvalue weighted by atomic mass is 16.5. The van der Waals surface area contributed by atoms with E-state index in [2.05, 4.69) is 10.4 Å². The second kappa shape index (κ2) is 7.15. The van der Waals surface area contributed by atoms with Gasteiger partial charge in [-0.2, -0.15) is 5.10 Å². The zero-order chi connectivity index (χ0) is 16.2. The summed E-state index contributed by atoms with van der Waals surface area (Å²) in [4.78, 5) is 0. The number of hydrogen-bond donors (Lipinski definition) is 2. The van der Waals surface area contributed by atoms with Crippen LogP contribution in [0.2, 0.25) is 0 Å². The Balaban J connectivity index is 1.69. The normalized spacial score (nSPS) is 21.3. The first-order valence-corrected chi connectivity index (χ1v) is 8.30. The van der Waals surface area contributed by atoms with Crippen LogP contribution in [0.4, 0.5) is 0 Å². The Morgan fingerprint density at radius 1 is 1.22 bits per heavy atom. The first-order chi connectivity index (χ1) is 11.1. The second-order valence-corrected chi connectivity index (χ2v) is 6.29. The van der Waals surface area contributed by atoms with E-state index in [1.807, 2.05) is 44.3 Å². The molecule has 0 aliphatic heterocycles. The predicted octanol–water partition coefficient (Wildman–Crippen LogP) is 2.91. The molecule has 0 radical (unpaired) electrons. The summed E-state index contributed by atoms with van der Waals surface area (Å²) in [6.07, 6.45) is 3.70. The molecule has 0 spiro atoms. The van der Waals surface area contributed by atoms with E-state index in [0.29, 0.717) is 6.04 Å². The molecule has 5 heteroatoms. The van der Waals surface area contributed by atoms with Gasteiger partial charge < -0.3 is 15.2 Å². The van der Waals surface area contributed by atoms with E-state index in [-0.39, 0.29) is 6.10 Å². The van der Waals surface area contributed by atoms with Crippen molar-refractivity contribution < 1.29 is 9.84 Å². The molecule has 3 rings (SSSR count). The van der Waals surface area contributed by atoms with Crippen molar-refractivity contribution in [3.05, 3.63) is 41.6 Å². The van der Waals surface area contributed by atoms with Gasteiger partial charge in [0.25, 0.3) is 0 Å². The minimum atomic E-state index is -0.120. The molecule has 0 bridgehead atoms. The summed E-state index contributed by atoms with van der Waals surface area (Å²) in [5, 5.41) is 17.7. The average molecular weight is 315 g/mol. The molecular formula is C18H25N3O2. The maximum absolute atomic E-state index is 9.61. The molecule has 2 aromatic rings. The minimum Gasteiger partial charge on any atom is -0.439 e. The number of aliphatic hydroxyl groups excluding tert-OH is 1. The molecule has 0 unspecified atom stereocenters. The molecule has 1 aliphatic carbocycles. The van der Waals surface area contributed by atoms with Gasteiger partial charge in [-0.3, -0.25) is 0 Å². The highest BCUT2D eigenvalue weighted by molar-refractivity contribution is 5.35. The number of nitrogens with zero attached hydrogens (tertiary/aromatic N) is 2. The molecule has 2 N–H and O–H groups in total. The Kier molecular flexibility index (Phi) is 4.98. The summed E-state index contributed by atoms with van der Waals surface area (Å²) in [5.74, 6) is 1.61. The van der Waals surface area contributed by atoms with Crippen LogP contribution in [0.5, 0.6) is 11.6 Å². The molecule has 1 aromatic carbocycles. The summed E-state index contributed by atoms with van der Waals surface area (Å²) in [5.41, 5.74) is 2.09. The standard InChI is InChI=1S/C18H25N3O2/c1-13-17(12-19-14-8-10-15(22)11-9-14)18(21(2)20-13)23-16-6-4-3-5-7-16/h3-7,14-15,19,22H,8-12H2,1-2H3. The summed E-state index contributed by atoms with van der Waals surface area (Å²) in [7, 11) is 1.91. The number of aryl methyl sites for hydroxylation is 2. The molecule has 23 heavy (non-hydrogen) atoms. The van der Waals surface area contributed by atoms with Gasteiger partial charge in [0.2, 0.25) is 5.88 Å². The summed E-state index contributed by atoms with van der Waals surface area (Å²) < 4.78 is 7.83. The van der Waals surface area contributed by atoms with Gasteiger partial charge in [0.15, 0.2) is 0 Å². The Morgan fingerprint density at radius 3 is 2.61 bits per heavy atom. The minimum absolute atomic E-state index is 0.120. The molecule has 1 heterocycles. The van der Waals surface area contributed by atoms with Gasteiger partial charge in [-0.1, -0.05) is 18.2 Å². The first-order valence-electron chi connectivity index (χ1n) is 8.30. The zero-order valence-electron chi connectivity index (χ0n) is 13.8. The molecule has 0 amide bonds. The zero-order valence-corrected chi connectivity index (χ0v) is 13.8. The largest absolute Gasteiger partial charge is 0.439 e. The molecule has 124 valence electrons. The van der Waals surface area contributed by atoms with Crippen molar-refractivity contribution in [3.8, 4) is 11.6 Å². The van der Waals surface area contributed by atoms with Gasteiger partial charge in [0, 0.05) is 19.6 Å². The molecule has 0 atom stereocenters. The SMILES string of the molecule is Cc1nn(C)c(Oc2ccccc2)c1CNC1CCC(O)CC1. The van der Waals surface area contributed by atoms with Crippen molar-refractivity contribution in [2.24, 2.45) is 7.05 Å². The third kappa shape index (κ3) is 3.92. The number of hydrogen-bond acceptors (Lipinski definition) is 4. The average Bonchev–Trinajstić information content (AvgIpc) is 2.82. The van der Waals surface area contributed by atoms with Crippen molar-refractivity contribution in [1.29, 1.82) is 0 Å². The number of ether oxygens (including phenoxy) is 1. The fraction of sp³-hybridized carbons (Fsp3) is 0.500. The van der Waals surface area contributed by atoms with E-state index in [4.69, 9.17) is 4.74 Å². The molecule has 1 fully saturated rings. The third-order valence-electron chi connectivity index (χ3n) is 4.51. The predicted molar refractivity (Wildman–Crippen MR) is 89.6 cm³/mol. The van der Waals surface area contributed by atoms with Gasteiger partial charge in [-0.15, -0.1) is 0 Å². The summed E-state index contributed by atoms with van der Waals surface area (Å²) >= 11 is 0. The Hall–Kier alpha value is -1.85. The quantitative estimate of drug-likeness (QED) is 0.891. The lowest BCUT2D eigenvalue weighted by Crippen LogP contribution is -2.34. The van der Waals surface area contributed by atoms with Crippen LogP contribution in [0.1, 0.15) is 36.9 Å². The fourth-order valence-corrected chi connectivity index (χ4v) is 3.14. The maximum Gasteiger partial charge on any atom is 0.222 e. The number of nitrogens with one attached hydrogen (secondary N) is 1. The van der Waals surface area contributed by atoms with Crippen LogP contribution in [0.25, 0.3) is 0 Å². The Morgan fingerprint density at radius 2 is 1.91 bits per heavy atom. The topological polar surface area (TPSA) is 59.3 Å². The summed E-state index contributed by atoms with van der Waals surface area (Å²) in [6, 6.07) is 10.3. The number of aromatic nitrogens is 2. The van der Waals surface area contributed by atoms with E-state index in [0.717, 1.165) is 55.1 Å².